The Balaban J connectivity index is 2.47. The number of aromatic carboxylic acids is 1. The Morgan fingerprint density at radius 1 is 1.31 bits per heavy atom. The first kappa shape index (κ1) is 19.8. The molecule has 0 unspecified atom stereocenters. The predicted molar refractivity (Wildman–Crippen MR) is 102 cm³/mol. The molecule has 26 heavy (non-hydrogen) atoms. The zero-order valence-corrected chi connectivity index (χ0v) is 16.5. The Morgan fingerprint density at radius 3 is 2.46 bits per heavy atom. The van der Waals surface area contributed by atoms with Crippen LogP contribution in [-0.4, -0.2) is 33.1 Å². The lowest BCUT2D eigenvalue weighted by atomic mass is 10.1. The van der Waals surface area contributed by atoms with E-state index >= 15 is 0 Å². The van der Waals surface area contributed by atoms with E-state index in [0.29, 0.717) is 15.8 Å². The van der Waals surface area contributed by atoms with E-state index in [0.717, 1.165) is 4.31 Å². The molecule has 0 aliphatic heterocycles. The van der Waals surface area contributed by atoms with E-state index in [4.69, 9.17) is 11.2 Å². The molecule has 0 bridgehead atoms. The van der Waals surface area contributed by atoms with Crippen LogP contribution in [0.4, 0.5) is 5.69 Å². The molecule has 0 amide bonds. The van der Waals surface area contributed by atoms with E-state index < -0.39 is 16.0 Å². The molecule has 0 fully saturated rings. The summed E-state index contributed by atoms with van der Waals surface area (Å²) in [6.45, 7) is 1.72. The van der Waals surface area contributed by atoms with Crippen LogP contribution in [0, 0.1) is 19.3 Å². The molecule has 136 valence electrons. The summed E-state index contributed by atoms with van der Waals surface area (Å²) in [4.78, 5) is 11.6. The Labute approximate surface area is 160 Å². The maximum absolute atomic E-state index is 12.9. The highest BCUT2D eigenvalue weighted by molar-refractivity contribution is 9.10. The van der Waals surface area contributed by atoms with Crippen molar-refractivity contribution in [3.63, 3.8) is 0 Å². The Hall–Kier alpha value is -2.50. The molecule has 0 saturated heterocycles. The molecule has 0 radical (unpaired) electrons. The smallest absolute Gasteiger partial charge is 0.337 e. The van der Waals surface area contributed by atoms with Crippen LogP contribution in [0.5, 0.6) is 5.75 Å². The van der Waals surface area contributed by atoms with Gasteiger partial charge in [0.15, 0.2) is 0 Å². The lowest BCUT2D eigenvalue weighted by molar-refractivity contribution is 0.0697. The molecule has 0 atom stereocenters. The minimum atomic E-state index is -3.96. The van der Waals surface area contributed by atoms with E-state index in [9.17, 15) is 18.3 Å². The van der Waals surface area contributed by atoms with Crippen molar-refractivity contribution in [1.82, 2.24) is 0 Å². The minimum Gasteiger partial charge on any atom is -0.481 e. The van der Waals surface area contributed by atoms with E-state index in [1.54, 1.807) is 13.0 Å². The van der Waals surface area contributed by atoms with Gasteiger partial charge in [-0.15, -0.1) is 6.42 Å². The third kappa shape index (κ3) is 4.00. The van der Waals surface area contributed by atoms with Gasteiger partial charge < -0.3 is 9.84 Å². The van der Waals surface area contributed by atoms with Gasteiger partial charge in [0, 0.05) is 11.5 Å². The first-order valence-electron chi connectivity index (χ1n) is 7.37. The number of carbonyl (C=O) groups is 1. The summed E-state index contributed by atoms with van der Waals surface area (Å²) >= 11 is 3.23. The molecule has 2 aromatic carbocycles. The second-order valence-electron chi connectivity index (χ2n) is 5.36. The maximum atomic E-state index is 12.9. The van der Waals surface area contributed by atoms with Gasteiger partial charge >= 0.3 is 5.97 Å². The van der Waals surface area contributed by atoms with Crippen LogP contribution >= 0.6 is 15.9 Å². The molecule has 0 aliphatic carbocycles. The number of carboxylic acids is 1. The van der Waals surface area contributed by atoms with Gasteiger partial charge in [-0.2, -0.15) is 0 Å². The lowest BCUT2D eigenvalue weighted by Gasteiger charge is -2.23. The second-order valence-corrected chi connectivity index (χ2v) is 8.25. The van der Waals surface area contributed by atoms with Crippen LogP contribution in [0.2, 0.25) is 0 Å². The van der Waals surface area contributed by atoms with Crippen molar-refractivity contribution < 1.29 is 23.1 Å². The van der Waals surface area contributed by atoms with E-state index in [1.807, 2.05) is 0 Å². The van der Waals surface area contributed by atoms with Crippen molar-refractivity contribution in [1.29, 1.82) is 0 Å². The Kier molecular flexibility index (Phi) is 5.95. The Morgan fingerprint density at radius 2 is 1.92 bits per heavy atom. The van der Waals surface area contributed by atoms with Crippen molar-refractivity contribution in [2.75, 3.05) is 18.0 Å². The highest BCUT2D eigenvalue weighted by Crippen LogP contribution is 2.32. The fourth-order valence-electron chi connectivity index (χ4n) is 2.43. The first-order valence-corrected chi connectivity index (χ1v) is 9.60. The number of nitrogens with zero attached hydrogens (tertiary/aromatic N) is 1. The van der Waals surface area contributed by atoms with Crippen molar-refractivity contribution in [3.05, 3.63) is 52.0 Å². The largest absolute Gasteiger partial charge is 0.481 e. The summed E-state index contributed by atoms with van der Waals surface area (Å²) in [5, 5.41) is 9.44. The highest BCUT2D eigenvalue weighted by atomic mass is 79.9. The number of ether oxygens (including phenoxy) is 1. The number of halogens is 1. The topological polar surface area (TPSA) is 83.9 Å². The van der Waals surface area contributed by atoms with E-state index in [1.165, 1.54) is 37.4 Å². The van der Waals surface area contributed by atoms with Gasteiger partial charge in [-0.05, 0) is 48.9 Å². The predicted octanol–water partition coefficient (Wildman–Crippen LogP) is 3.29. The Bertz CT molecular complexity index is 978. The molecular weight excluding hydrogens is 422 g/mol. The average Bonchev–Trinajstić information content (AvgIpc) is 2.59. The van der Waals surface area contributed by atoms with Crippen LogP contribution in [0.3, 0.4) is 0 Å². The molecule has 6 nitrogen and oxygen atoms in total. The second kappa shape index (κ2) is 7.81. The van der Waals surface area contributed by atoms with Gasteiger partial charge in [0.05, 0.1) is 16.1 Å². The van der Waals surface area contributed by atoms with Gasteiger partial charge in [-0.1, -0.05) is 21.9 Å². The fraction of sp³-hybridized carbons (Fsp3) is 0.167. The van der Waals surface area contributed by atoms with Crippen molar-refractivity contribution in [2.24, 2.45) is 0 Å². The fourth-order valence-corrected chi connectivity index (χ4v) is 4.28. The molecule has 0 heterocycles. The van der Waals surface area contributed by atoms with Gasteiger partial charge in [0.25, 0.3) is 10.0 Å². The number of hydrogen-bond acceptors (Lipinski definition) is 4. The summed E-state index contributed by atoms with van der Waals surface area (Å²) in [5.41, 5.74) is 0.502. The molecule has 2 aromatic rings. The number of benzene rings is 2. The molecule has 2 rings (SSSR count). The standard InChI is InChI=1S/C18H16BrNO5S/c1-4-9-25-14-5-7-15(8-6-14)26(23,24)20(3)17-12(2)10-13(19)11-16(17)18(21)22/h1,5-8,10-11H,9H2,2-3H3,(H,21,22). The quantitative estimate of drug-likeness (QED) is 0.700. The van der Waals surface area contributed by atoms with E-state index in [2.05, 4.69) is 21.9 Å². The number of terminal acetylenes is 1. The van der Waals surface area contributed by atoms with Crippen LogP contribution in [-0.2, 0) is 10.0 Å². The summed E-state index contributed by atoms with van der Waals surface area (Å²) in [7, 11) is -2.64. The third-order valence-corrected chi connectivity index (χ3v) is 5.84. The summed E-state index contributed by atoms with van der Waals surface area (Å²) in [5.74, 6) is 1.54. The van der Waals surface area contributed by atoms with Crippen molar-refractivity contribution in [2.45, 2.75) is 11.8 Å². The zero-order valence-electron chi connectivity index (χ0n) is 14.1. The molecule has 0 spiro atoms. The molecule has 0 aromatic heterocycles. The third-order valence-electron chi connectivity index (χ3n) is 3.61. The number of aryl methyl sites for hydroxylation is 1. The molecule has 0 saturated carbocycles. The van der Waals surface area contributed by atoms with Crippen LogP contribution in [0.1, 0.15) is 15.9 Å². The van der Waals surface area contributed by atoms with Crippen LogP contribution in [0.15, 0.2) is 45.8 Å². The highest BCUT2D eigenvalue weighted by Gasteiger charge is 2.27. The number of rotatable bonds is 6. The summed E-state index contributed by atoms with van der Waals surface area (Å²) in [6, 6.07) is 8.77. The molecular formula is C18H16BrNO5S. The number of carboxylic acid groups (broad SMARTS) is 1. The minimum absolute atomic E-state index is 0.00622. The maximum Gasteiger partial charge on any atom is 0.337 e. The molecule has 0 aliphatic rings. The number of hydrogen-bond donors (Lipinski definition) is 1. The summed E-state index contributed by atoms with van der Waals surface area (Å²) in [6.07, 6.45) is 5.11. The van der Waals surface area contributed by atoms with Crippen molar-refractivity contribution in [3.8, 4) is 18.1 Å². The lowest BCUT2D eigenvalue weighted by Crippen LogP contribution is -2.29. The van der Waals surface area contributed by atoms with E-state index in [-0.39, 0.29) is 22.8 Å². The van der Waals surface area contributed by atoms with Crippen molar-refractivity contribution >= 4 is 37.6 Å². The first-order chi connectivity index (χ1) is 12.2. The SMILES string of the molecule is C#CCOc1ccc(S(=O)(=O)N(C)c2c(C)cc(Br)cc2C(=O)O)cc1. The van der Waals surface area contributed by atoms with Gasteiger partial charge in [-0.25, -0.2) is 13.2 Å². The molecule has 1 N–H and O–H groups in total. The van der Waals surface area contributed by atoms with Crippen LogP contribution < -0.4 is 9.04 Å². The number of anilines is 1. The number of sulfonamides is 1. The van der Waals surface area contributed by atoms with Gasteiger partial charge in [0.1, 0.15) is 12.4 Å². The van der Waals surface area contributed by atoms with Gasteiger partial charge in [0.2, 0.25) is 0 Å². The zero-order chi connectivity index (χ0) is 19.5. The molecule has 8 heteroatoms. The normalized spacial score (nSPS) is 10.8. The van der Waals surface area contributed by atoms with Gasteiger partial charge in [-0.3, -0.25) is 4.31 Å². The average molecular weight is 438 g/mol. The monoisotopic (exact) mass is 437 g/mol. The summed E-state index contributed by atoms with van der Waals surface area (Å²) < 4.78 is 32.6. The van der Waals surface area contributed by atoms with Crippen LogP contribution in [0.25, 0.3) is 0 Å².